The normalized spacial score (nSPS) is 18.6. The number of aromatic amines is 1. The van der Waals surface area contributed by atoms with Crippen LogP contribution in [0.15, 0.2) is 12.1 Å². The first-order chi connectivity index (χ1) is 7.64. The van der Waals surface area contributed by atoms with Gasteiger partial charge < -0.3 is 9.72 Å². The molecule has 0 unspecified atom stereocenters. The standard InChI is InChI=1S/C12H18N2O2/c1-12(2,14-5-7-16-8-6-14)11-4-3-10(9-15)13-11/h3-4,9,13H,5-8H2,1-2H3. The maximum atomic E-state index is 10.7. The largest absolute Gasteiger partial charge is 0.379 e. The van der Waals surface area contributed by atoms with Crippen LogP contribution in [0.4, 0.5) is 0 Å². The Morgan fingerprint density at radius 3 is 2.62 bits per heavy atom. The lowest BCUT2D eigenvalue weighted by Crippen LogP contribution is -2.48. The topological polar surface area (TPSA) is 45.3 Å². The Morgan fingerprint density at radius 2 is 2.06 bits per heavy atom. The maximum absolute atomic E-state index is 10.7. The van der Waals surface area contributed by atoms with Gasteiger partial charge in [-0.1, -0.05) is 0 Å². The zero-order chi connectivity index (χ0) is 11.6. The van der Waals surface area contributed by atoms with Crippen molar-refractivity contribution >= 4 is 6.29 Å². The molecule has 1 aromatic rings. The van der Waals surface area contributed by atoms with Crippen LogP contribution in [0.3, 0.4) is 0 Å². The van der Waals surface area contributed by atoms with Crippen LogP contribution in [0, 0.1) is 0 Å². The third-order valence-electron chi connectivity index (χ3n) is 3.30. The van der Waals surface area contributed by atoms with E-state index in [0.717, 1.165) is 38.3 Å². The monoisotopic (exact) mass is 222 g/mol. The molecule has 0 atom stereocenters. The molecule has 0 saturated carbocycles. The number of carbonyl (C=O) groups excluding carboxylic acids is 1. The number of aldehydes is 1. The highest BCUT2D eigenvalue weighted by atomic mass is 16.5. The molecule has 1 aromatic heterocycles. The molecule has 1 N–H and O–H groups in total. The Morgan fingerprint density at radius 1 is 1.38 bits per heavy atom. The summed E-state index contributed by atoms with van der Waals surface area (Å²) >= 11 is 0. The van der Waals surface area contributed by atoms with Gasteiger partial charge in [0.05, 0.1) is 24.4 Å². The molecule has 88 valence electrons. The highest BCUT2D eigenvalue weighted by Gasteiger charge is 2.31. The number of hydrogen-bond acceptors (Lipinski definition) is 3. The van der Waals surface area contributed by atoms with Crippen LogP contribution in [0.1, 0.15) is 30.0 Å². The molecule has 16 heavy (non-hydrogen) atoms. The van der Waals surface area contributed by atoms with Crippen LogP contribution in [0.25, 0.3) is 0 Å². The molecule has 0 radical (unpaired) electrons. The SMILES string of the molecule is CC(C)(c1ccc(C=O)[nH]1)N1CCOCC1. The predicted molar refractivity (Wildman–Crippen MR) is 61.6 cm³/mol. The minimum absolute atomic E-state index is 0.0783. The highest BCUT2D eigenvalue weighted by Crippen LogP contribution is 2.27. The van der Waals surface area contributed by atoms with E-state index in [-0.39, 0.29) is 5.54 Å². The van der Waals surface area contributed by atoms with Crippen molar-refractivity contribution in [2.45, 2.75) is 19.4 Å². The molecule has 0 spiro atoms. The Labute approximate surface area is 95.6 Å². The van der Waals surface area contributed by atoms with Crippen LogP contribution in [-0.2, 0) is 10.3 Å². The molecule has 2 heterocycles. The van der Waals surface area contributed by atoms with Crippen LogP contribution < -0.4 is 0 Å². The van der Waals surface area contributed by atoms with Gasteiger partial charge in [-0.25, -0.2) is 0 Å². The van der Waals surface area contributed by atoms with E-state index in [1.807, 2.05) is 12.1 Å². The van der Waals surface area contributed by atoms with Crippen molar-refractivity contribution in [2.75, 3.05) is 26.3 Å². The van der Waals surface area contributed by atoms with Gasteiger partial charge in [0.25, 0.3) is 0 Å². The zero-order valence-electron chi connectivity index (χ0n) is 9.82. The quantitative estimate of drug-likeness (QED) is 0.786. The van der Waals surface area contributed by atoms with E-state index in [0.29, 0.717) is 5.69 Å². The zero-order valence-corrected chi connectivity index (χ0v) is 9.82. The maximum Gasteiger partial charge on any atom is 0.166 e. The number of hydrogen-bond donors (Lipinski definition) is 1. The minimum Gasteiger partial charge on any atom is -0.379 e. The van der Waals surface area contributed by atoms with E-state index >= 15 is 0 Å². The Kier molecular flexibility index (Phi) is 3.12. The van der Waals surface area contributed by atoms with Crippen molar-refractivity contribution in [1.82, 2.24) is 9.88 Å². The van der Waals surface area contributed by atoms with Crippen molar-refractivity contribution in [3.63, 3.8) is 0 Å². The number of rotatable bonds is 3. The molecular weight excluding hydrogens is 204 g/mol. The molecule has 0 aliphatic carbocycles. The summed E-state index contributed by atoms with van der Waals surface area (Å²) in [6.45, 7) is 7.76. The van der Waals surface area contributed by atoms with Gasteiger partial charge in [-0.3, -0.25) is 9.69 Å². The molecule has 4 nitrogen and oxygen atoms in total. The number of aromatic nitrogens is 1. The third kappa shape index (κ3) is 2.03. The predicted octanol–water partition coefficient (Wildman–Crippen LogP) is 1.39. The first kappa shape index (κ1) is 11.4. The van der Waals surface area contributed by atoms with Gasteiger partial charge in [0.1, 0.15) is 0 Å². The Bertz CT molecular complexity index is 365. The molecule has 0 aromatic carbocycles. The Hall–Kier alpha value is -1.13. The average molecular weight is 222 g/mol. The fourth-order valence-corrected chi connectivity index (χ4v) is 2.13. The molecule has 2 rings (SSSR count). The van der Waals surface area contributed by atoms with E-state index in [4.69, 9.17) is 4.74 Å². The molecule has 0 amide bonds. The second-order valence-electron chi connectivity index (χ2n) is 4.60. The molecule has 1 saturated heterocycles. The fraction of sp³-hybridized carbons (Fsp3) is 0.583. The van der Waals surface area contributed by atoms with Crippen molar-refractivity contribution in [2.24, 2.45) is 0 Å². The van der Waals surface area contributed by atoms with Crippen LogP contribution in [0.2, 0.25) is 0 Å². The highest BCUT2D eigenvalue weighted by molar-refractivity contribution is 5.72. The van der Waals surface area contributed by atoms with Crippen LogP contribution in [-0.4, -0.2) is 42.5 Å². The van der Waals surface area contributed by atoms with Gasteiger partial charge >= 0.3 is 0 Å². The molecular formula is C12H18N2O2. The van der Waals surface area contributed by atoms with Crippen molar-refractivity contribution < 1.29 is 9.53 Å². The van der Waals surface area contributed by atoms with E-state index in [1.54, 1.807) is 0 Å². The summed E-state index contributed by atoms with van der Waals surface area (Å²) in [6.07, 6.45) is 0.846. The van der Waals surface area contributed by atoms with E-state index in [9.17, 15) is 4.79 Å². The molecule has 0 bridgehead atoms. The lowest BCUT2D eigenvalue weighted by Gasteiger charge is -2.40. The van der Waals surface area contributed by atoms with Crippen molar-refractivity contribution in [3.8, 4) is 0 Å². The summed E-state index contributed by atoms with van der Waals surface area (Å²) in [7, 11) is 0. The summed E-state index contributed by atoms with van der Waals surface area (Å²) in [5.41, 5.74) is 1.64. The third-order valence-corrected chi connectivity index (χ3v) is 3.30. The van der Waals surface area contributed by atoms with E-state index in [1.165, 1.54) is 0 Å². The average Bonchev–Trinajstić information content (AvgIpc) is 2.79. The summed E-state index contributed by atoms with van der Waals surface area (Å²) in [5.74, 6) is 0. The molecule has 4 heteroatoms. The van der Waals surface area contributed by atoms with Gasteiger partial charge in [0.2, 0.25) is 0 Å². The second-order valence-corrected chi connectivity index (χ2v) is 4.60. The molecule has 1 fully saturated rings. The second kappa shape index (κ2) is 4.39. The van der Waals surface area contributed by atoms with E-state index < -0.39 is 0 Å². The van der Waals surface area contributed by atoms with E-state index in [2.05, 4.69) is 23.7 Å². The van der Waals surface area contributed by atoms with Crippen molar-refractivity contribution in [1.29, 1.82) is 0 Å². The number of nitrogens with zero attached hydrogens (tertiary/aromatic N) is 1. The first-order valence-corrected chi connectivity index (χ1v) is 5.62. The number of morpholine rings is 1. The Balaban J connectivity index is 2.18. The first-order valence-electron chi connectivity index (χ1n) is 5.62. The number of ether oxygens (including phenoxy) is 1. The summed E-state index contributed by atoms with van der Waals surface area (Å²) < 4.78 is 5.35. The molecule has 1 aliphatic rings. The van der Waals surface area contributed by atoms with Gasteiger partial charge in [-0.2, -0.15) is 0 Å². The number of H-pyrrole nitrogens is 1. The number of nitrogens with one attached hydrogen (secondary N) is 1. The smallest absolute Gasteiger partial charge is 0.166 e. The summed E-state index contributed by atoms with van der Waals surface area (Å²) in [4.78, 5) is 16.2. The van der Waals surface area contributed by atoms with Crippen LogP contribution >= 0.6 is 0 Å². The van der Waals surface area contributed by atoms with Crippen LogP contribution in [0.5, 0.6) is 0 Å². The molecule has 1 aliphatic heterocycles. The minimum atomic E-state index is -0.0783. The lowest BCUT2D eigenvalue weighted by atomic mass is 9.98. The lowest BCUT2D eigenvalue weighted by molar-refractivity contribution is -0.0130. The summed E-state index contributed by atoms with van der Waals surface area (Å²) in [5, 5.41) is 0. The van der Waals surface area contributed by atoms with Gasteiger partial charge in [0, 0.05) is 18.8 Å². The van der Waals surface area contributed by atoms with Crippen molar-refractivity contribution in [3.05, 3.63) is 23.5 Å². The fourth-order valence-electron chi connectivity index (χ4n) is 2.13. The van der Waals surface area contributed by atoms with Gasteiger partial charge in [-0.05, 0) is 26.0 Å². The van der Waals surface area contributed by atoms with Gasteiger partial charge in [0.15, 0.2) is 6.29 Å². The van der Waals surface area contributed by atoms with Gasteiger partial charge in [-0.15, -0.1) is 0 Å². The number of carbonyl (C=O) groups is 1. The summed E-state index contributed by atoms with van der Waals surface area (Å²) in [6, 6.07) is 3.81.